The summed E-state index contributed by atoms with van der Waals surface area (Å²) in [6.07, 6.45) is 5.69. The second-order valence-corrected chi connectivity index (χ2v) is 8.44. The highest BCUT2D eigenvalue weighted by Gasteiger charge is 2.25. The zero-order valence-electron chi connectivity index (χ0n) is 20.2. The lowest BCUT2D eigenvalue weighted by molar-refractivity contribution is -0.144. The fourth-order valence-corrected chi connectivity index (χ4v) is 4.05. The number of amides is 2. The molecule has 8 nitrogen and oxygen atoms in total. The summed E-state index contributed by atoms with van der Waals surface area (Å²) in [4.78, 5) is 41.5. The minimum absolute atomic E-state index is 0.0191. The van der Waals surface area contributed by atoms with E-state index >= 15 is 0 Å². The molecule has 1 aliphatic rings. The molecule has 1 aromatic carbocycles. The molecule has 0 atom stereocenters. The van der Waals surface area contributed by atoms with Gasteiger partial charge in [0.1, 0.15) is 5.76 Å². The van der Waals surface area contributed by atoms with Crippen molar-refractivity contribution in [1.82, 2.24) is 4.90 Å². The first-order chi connectivity index (χ1) is 16.5. The number of nitrogens with one attached hydrogen (secondary N) is 1. The van der Waals surface area contributed by atoms with Gasteiger partial charge in [0.15, 0.2) is 0 Å². The maximum Gasteiger partial charge on any atom is 0.306 e. The summed E-state index contributed by atoms with van der Waals surface area (Å²) in [7, 11) is 0. The molecule has 0 bridgehead atoms. The molecular formula is C26H35N3O5. The lowest BCUT2D eigenvalue weighted by Gasteiger charge is -2.28. The lowest BCUT2D eigenvalue weighted by atomic mass is 10.1. The number of hydrogen-bond donors (Lipinski definition) is 1. The summed E-state index contributed by atoms with van der Waals surface area (Å²) in [5.74, 6) is 0.101. The maximum atomic E-state index is 13.5. The number of ether oxygens (including phenoxy) is 1. The molecule has 2 amide bonds. The third-order valence-electron chi connectivity index (χ3n) is 5.81. The Kier molecular flexibility index (Phi) is 9.55. The summed E-state index contributed by atoms with van der Waals surface area (Å²) in [5.41, 5.74) is 1.92. The van der Waals surface area contributed by atoms with Gasteiger partial charge in [-0.25, -0.2) is 0 Å². The van der Waals surface area contributed by atoms with Crippen molar-refractivity contribution in [3.05, 3.63) is 47.9 Å². The van der Waals surface area contributed by atoms with E-state index in [4.69, 9.17) is 9.15 Å². The van der Waals surface area contributed by atoms with E-state index in [-0.39, 0.29) is 31.3 Å². The maximum absolute atomic E-state index is 13.5. The molecule has 3 rings (SSSR count). The molecule has 1 N–H and O–H groups in total. The number of unbranched alkanes of at least 4 members (excludes halogenated alkanes) is 1. The Morgan fingerprint density at radius 3 is 2.59 bits per heavy atom. The molecule has 8 heteroatoms. The number of nitrogens with zero attached hydrogens (tertiary/aromatic N) is 2. The number of furan rings is 1. The smallest absolute Gasteiger partial charge is 0.306 e. The number of esters is 1. The lowest BCUT2D eigenvalue weighted by Crippen LogP contribution is -2.31. The molecule has 1 aromatic heterocycles. The van der Waals surface area contributed by atoms with Crippen LogP contribution in [-0.4, -0.2) is 48.9 Å². The van der Waals surface area contributed by atoms with Gasteiger partial charge in [-0.1, -0.05) is 13.3 Å². The van der Waals surface area contributed by atoms with Crippen LogP contribution in [0.2, 0.25) is 0 Å². The number of hydrogen-bond acceptors (Lipinski definition) is 6. The third-order valence-corrected chi connectivity index (χ3v) is 5.81. The van der Waals surface area contributed by atoms with E-state index < -0.39 is 5.97 Å². The molecule has 0 spiro atoms. The Bertz CT molecular complexity index is 951. The first kappa shape index (κ1) is 25.3. The van der Waals surface area contributed by atoms with E-state index in [0.717, 1.165) is 56.8 Å². The Labute approximate surface area is 201 Å². The number of rotatable bonds is 12. The zero-order chi connectivity index (χ0) is 24.3. The van der Waals surface area contributed by atoms with Crippen molar-refractivity contribution in [2.45, 2.75) is 58.9 Å². The molecular weight excluding hydrogens is 434 g/mol. The van der Waals surface area contributed by atoms with Crippen LogP contribution in [-0.2, 0) is 20.9 Å². The summed E-state index contributed by atoms with van der Waals surface area (Å²) in [6, 6.07) is 9.24. The predicted molar refractivity (Wildman–Crippen MR) is 131 cm³/mol. The van der Waals surface area contributed by atoms with Crippen LogP contribution in [0.3, 0.4) is 0 Å². The highest BCUT2D eigenvalue weighted by molar-refractivity contribution is 6.02. The van der Waals surface area contributed by atoms with E-state index in [2.05, 4.69) is 17.1 Å². The van der Waals surface area contributed by atoms with Crippen molar-refractivity contribution in [1.29, 1.82) is 0 Å². The van der Waals surface area contributed by atoms with E-state index in [1.807, 2.05) is 23.1 Å². The fraction of sp³-hybridized carbons (Fsp3) is 0.500. The largest absolute Gasteiger partial charge is 0.467 e. The van der Waals surface area contributed by atoms with Crippen LogP contribution < -0.4 is 10.2 Å². The molecule has 2 heterocycles. The first-order valence-electron chi connectivity index (χ1n) is 12.2. The average molecular weight is 470 g/mol. The molecule has 34 heavy (non-hydrogen) atoms. The Balaban J connectivity index is 1.84. The van der Waals surface area contributed by atoms with Crippen LogP contribution in [0.4, 0.5) is 11.4 Å². The number of likely N-dealkylation sites (tertiary alicyclic amines) is 1. The Hall–Kier alpha value is -3.29. The predicted octanol–water partition coefficient (Wildman–Crippen LogP) is 4.60. The molecule has 1 fully saturated rings. The van der Waals surface area contributed by atoms with Crippen LogP contribution in [0, 0.1) is 0 Å². The van der Waals surface area contributed by atoms with Crippen LogP contribution in [0.5, 0.6) is 0 Å². The second kappa shape index (κ2) is 12.8. The summed E-state index contributed by atoms with van der Waals surface area (Å²) < 4.78 is 10.5. The number of anilines is 2. The van der Waals surface area contributed by atoms with Crippen LogP contribution >= 0.6 is 0 Å². The van der Waals surface area contributed by atoms with Gasteiger partial charge in [-0.3, -0.25) is 14.4 Å². The third kappa shape index (κ3) is 7.10. The molecule has 2 aromatic rings. The van der Waals surface area contributed by atoms with Crippen LogP contribution in [0.1, 0.15) is 68.5 Å². The van der Waals surface area contributed by atoms with Crippen LogP contribution in [0.25, 0.3) is 0 Å². The summed E-state index contributed by atoms with van der Waals surface area (Å²) in [6.45, 7) is 6.96. The van der Waals surface area contributed by atoms with E-state index in [1.165, 1.54) is 0 Å². The molecule has 184 valence electrons. The van der Waals surface area contributed by atoms with Crippen molar-refractivity contribution in [3.63, 3.8) is 0 Å². The van der Waals surface area contributed by atoms with E-state index in [1.54, 1.807) is 25.3 Å². The summed E-state index contributed by atoms with van der Waals surface area (Å²) in [5, 5.41) is 2.83. The Morgan fingerprint density at radius 2 is 1.91 bits per heavy atom. The van der Waals surface area contributed by atoms with Crippen molar-refractivity contribution in [2.24, 2.45) is 0 Å². The van der Waals surface area contributed by atoms with Gasteiger partial charge in [0.2, 0.25) is 5.91 Å². The van der Waals surface area contributed by atoms with Gasteiger partial charge in [-0.15, -0.1) is 0 Å². The van der Waals surface area contributed by atoms with Gasteiger partial charge >= 0.3 is 5.97 Å². The molecule has 1 aliphatic heterocycles. The molecule has 0 unspecified atom stereocenters. The standard InChI is InChI=1S/C26H35N3O5/c1-3-5-14-29(19-21-9-8-17-34-21)23-11-10-20(27-24(30)12-13-25(31)33-4-2)18-22(23)26(32)28-15-6-7-16-28/h8-11,17-18H,3-7,12-16,19H2,1-2H3,(H,27,30). The SMILES string of the molecule is CCCCN(Cc1ccco1)c1ccc(NC(=O)CCC(=O)OCC)cc1C(=O)N1CCCC1. The van der Waals surface area contributed by atoms with Crippen molar-refractivity contribution in [3.8, 4) is 0 Å². The van der Waals surface area contributed by atoms with Gasteiger partial charge in [0, 0.05) is 31.7 Å². The van der Waals surface area contributed by atoms with Crippen molar-refractivity contribution >= 4 is 29.2 Å². The van der Waals surface area contributed by atoms with Gasteiger partial charge in [-0.05, 0) is 56.5 Å². The molecule has 0 saturated carbocycles. The quantitative estimate of drug-likeness (QED) is 0.457. The molecule has 0 radical (unpaired) electrons. The van der Waals surface area contributed by atoms with Gasteiger partial charge in [0.05, 0.1) is 37.1 Å². The number of carbonyl (C=O) groups is 3. The minimum atomic E-state index is -0.401. The molecule has 0 aliphatic carbocycles. The van der Waals surface area contributed by atoms with Crippen LogP contribution in [0.15, 0.2) is 41.0 Å². The highest BCUT2D eigenvalue weighted by Crippen LogP contribution is 2.29. The summed E-state index contributed by atoms with van der Waals surface area (Å²) >= 11 is 0. The first-order valence-corrected chi connectivity index (χ1v) is 12.2. The van der Waals surface area contributed by atoms with Gasteiger partial charge in [0.25, 0.3) is 5.91 Å². The Morgan fingerprint density at radius 1 is 1.12 bits per heavy atom. The second-order valence-electron chi connectivity index (χ2n) is 8.44. The van der Waals surface area contributed by atoms with E-state index in [0.29, 0.717) is 17.8 Å². The molecule has 1 saturated heterocycles. The zero-order valence-corrected chi connectivity index (χ0v) is 20.2. The van der Waals surface area contributed by atoms with Crippen molar-refractivity contribution < 1.29 is 23.5 Å². The van der Waals surface area contributed by atoms with Crippen molar-refractivity contribution in [2.75, 3.05) is 36.5 Å². The normalized spacial score (nSPS) is 13.1. The number of benzene rings is 1. The number of carbonyl (C=O) groups excluding carboxylic acids is 3. The fourth-order valence-electron chi connectivity index (χ4n) is 4.05. The highest BCUT2D eigenvalue weighted by atomic mass is 16.5. The monoisotopic (exact) mass is 469 g/mol. The topological polar surface area (TPSA) is 92.1 Å². The average Bonchev–Trinajstić information content (AvgIpc) is 3.55. The van der Waals surface area contributed by atoms with E-state index in [9.17, 15) is 14.4 Å². The minimum Gasteiger partial charge on any atom is -0.467 e. The van der Waals surface area contributed by atoms with Gasteiger partial charge < -0.3 is 24.3 Å². The van der Waals surface area contributed by atoms with Gasteiger partial charge in [-0.2, -0.15) is 0 Å².